The summed E-state index contributed by atoms with van der Waals surface area (Å²) in [7, 11) is 0. The van der Waals surface area contributed by atoms with Crippen molar-refractivity contribution in [3.8, 4) is 5.75 Å². The van der Waals surface area contributed by atoms with Gasteiger partial charge in [-0.25, -0.2) is 4.98 Å². The number of nitrogens with one attached hydrogen (secondary N) is 2. The molecule has 29 heavy (non-hydrogen) atoms. The maximum Gasteiger partial charge on any atom is 0.289 e. The third kappa shape index (κ3) is 5.68. The van der Waals surface area contributed by atoms with Gasteiger partial charge in [-0.1, -0.05) is 32.0 Å². The van der Waals surface area contributed by atoms with Crippen molar-refractivity contribution in [3.63, 3.8) is 0 Å². The first kappa shape index (κ1) is 21.1. The Kier molecular flexibility index (Phi) is 7.42. The third-order valence-electron chi connectivity index (χ3n) is 4.74. The van der Waals surface area contributed by atoms with Crippen molar-refractivity contribution >= 4 is 28.3 Å². The molecular weight excluding hydrogens is 392 g/mol. The van der Waals surface area contributed by atoms with Gasteiger partial charge in [0.1, 0.15) is 11.4 Å². The molecule has 9 heteroatoms. The number of ether oxygens (including phenoxy) is 2. The van der Waals surface area contributed by atoms with E-state index in [4.69, 9.17) is 9.47 Å². The SMILES string of the molecule is CCC(C)c1ccccc1OCC(=O)NNC(=O)c1csc(N2CCOCC2)n1. The number of carbonyl (C=O) groups is 2. The first-order chi connectivity index (χ1) is 14.1. The molecule has 0 aliphatic carbocycles. The minimum Gasteiger partial charge on any atom is -0.483 e. The van der Waals surface area contributed by atoms with E-state index in [1.165, 1.54) is 11.3 Å². The minimum absolute atomic E-state index is 0.191. The van der Waals surface area contributed by atoms with E-state index in [9.17, 15) is 9.59 Å². The van der Waals surface area contributed by atoms with Gasteiger partial charge in [0, 0.05) is 18.5 Å². The van der Waals surface area contributed by atoms with Gasteiger partial charge in [-0.05, 0) is 24.0 Å². The van der Waals surface area contributed by atoms with Crippen molar-refractivity contribution < 1.29 is 19.1 Å². The van der Waals surface area contributed by atoms with E-state index in [0.717, 1.165) is 30.2 Å². The molecule has 1 aromatic heterocycles. The molecule has 2 heterocycles. The first-order valence-corrected chi connectivity index (χ1v) is 10.6. The number of thiazole rings is 1. The fraction of sp³-hybridized carbons (Fsp3) is 0.450. The zero-order chi connectivity index (χ0) is 20.6. The monoisotopic (exact) mass is 418 g/mol. The normalized spacial score (nSPS) is 14.9. The van der Waals surface area contributed by atoms with E-state index in [2.05, 4.69) is 34.6 Å². The van der Waals surface area contributed by atoms with Gasteiger partial charge in [-0.15, -0.1) is 11.3 Å². The van der Waals surface area contributed by atoms with Crippen LogP contribution in [0.25, 0.3) is 0 Å². The number of amides is 2. The molecule has 1 unspecified atom stereocenters. The molecule has 3 rings (SSSR count). The molecule has 1 atom stereocenters. The highest BCUT2D eigenvalue weighted by atomic mass is 32.1. The summed E-state index contributed by atoms with van der Waals surface area (Å²) in [6, 6.07) is 7.66. The molecule has 2 N–H and O–H groups in total. The molecule has 0 saturated carbocycles. The van der Waals surface area contributed by atoms with Crippen LogP contribution >= 0.6 is 11.3 Å². The van der Waals surface area contributed by atoms with Crippen molar-refractivity contribution in [2.45, 2.75) is 26.2 Å². The Bertz CT molecular complexity index is 835. The summed E-state index contributed by atoms with van der Waals surface area (Å²) in [5.74, 6) is 0.104. The Morgan fingerprint density at radius 1 is 1.28 bits per heavy atom. The number of rotatable bonds is 7. The van der Waals surface area contributed by atoms with Gasteiger partial charge in [0.2, 0.25) is 0 Å². The second-order valence-electron chi connectivity index (χ2n) is 6.75. The lowest BCUT2D eigenvalue weighted by Crippen LogP contribution is -2.44. The van der Waals surface area contributed by atoms with Gasteiger partial charge in [-0.3, -0.25) is 20.4 Å². The van der Waals surface area contributed by atoms with Gasteiger partial charge >= 0.3 is 0 Å². The maximum atomic E-state index is 12.2. The van der Waals surface area contributed by atoms with E-state index < -0.39 is 11.8 Å². The smallest absolute Gasteiger partial charge is 0.289 e. The Hall–Kier alpha value is -2.65. The van der Waals surface area contributed by atoms with Gasteiger partial charge in [-0.2, -0.15) is 0 Å². The maximum absolute atomic E-state index is 12.2. The molecule has 8 nitrogen and oxygen atoms in total. The zero-order valence-corrected chi connectivity index (χ0v) is 17.5. The van der Waals surface area contributed by atoms with Crippen molar-refractivity contribution in [1.29, 1.82) is 0 Å². The van der Waals surface area contributed by atoms with Gasteiger partial charge in [0.15, 0.2) is 11.7 Å². The average molecular weight is 419 g/mol. The van der Waals surface area contributed by atoms with Crippen LogP contribution in [0.15, 0.2) is 29.6 Å². The van der Waals surface area contributed by atoms with Crippen LogP contribution in [0.1, 0.15) is 42.2 Å². The van der Waals surface area contributed by atoms with Crippen LogP contribution < -0.4 is 20.5 Å². The molecule has 156 valence electrons. The molecule has 1 aliphatic rings. The molecule has 1 saturated heterocycles. The highest BCUT2D eigenvalue weighted by molar-refractivity contribution is 7.13. The molecule has 2 aromatic rings. The van der Waals surface area contributed by atoms with Crippen LogP contribution in [-0.2, 0) is 9.53 Å². The van der Waals surface area contributed by atoms with Crippen LogP contribution in [0, 0.1) is 0 Å². The number of hydrogen-bond donors (Lipinski definition) is 2. The topological polar surface area (TPSA) is 92.8 Å². The molecule has 1 aliphatic heterocycles. The summed E-state index contributed by atoms with van der Waals surface area (Å²) in [5, 5.41) is 2.44. The summed E-state index contributed by atoms with van der Waals surface area (Å²) < 4.78 is 11.0. The highest BCUT2D eigenvalue weighted by Gasteiger charge is 2.18. The lowest BCUT2D eigenvalue weighted by Gasteiger charge is -2.25. The van der Waals surface area contributed by atoms with Crippen molar-refractivity contribution in [2.75, 3.05) is 37.8 Å². The number of hydrogen-bond acceptors (Lipinski definition) is 7. The molecule has 0 bridgehead atoms. The second-order valence-corrected chi connectivity index (χ2v) is 7.59. The lowest BCUT2D eigenvalue weighted by molar-refractivity contribution is -0.123. The standard InChI is InChI=1S/C20H26N4O4S/c1-3-14(2)15-6-4-5-7-17(15)28-12-18(25)22-23-19(26)16-13-29-20(21-16)24-8-10-27-11-9-24/h4-7,13-14H,3,8-12H2,1-2H3,(H,22,25)(H,23,26). The summed E-state index contributed by atoms with van der Waals surface area (Å²) in [6.45, 7) is 6.83. The Labute approximate surface area is 174 Å². The van der Waals surface area contributed by atoms with Gasteiger partial charge in [0.05, 0.1) is 13.2 Å². The number of aromatic nitrogens is 1. The number of hydrazine groups is 1. The molecule has 0 spiro atoms. The number of carbonyl (C=O) groups excluding carboxylic acids is 2. The third-order valence-corrected chi connectivity index (χ3v) is 5.64. The van der Waals surface area contributed by atoms with Crippen LogP contribution in [-0.4, -0.2) is 49.7 Å². The summed E-state index contributed by atoms with van der Waals surface area (Å²) in [6.07, 6.45) is 0.975. The molecule has 1 fully saturated rings. The number of nitrogens with zero attached hydrogens (tertiary/aromatic N) is 2. The summed E-state index contributed by atoms with van der Waals surface area (Å²) in [5.41, 5.74) is 6.08. The molecule has 2 amide bonds. The van der Waals surface area contributed by atoms with Gasteiger partial charge in [0.25, 0.3) is 11.8 Å². The number of morpholine rings is 1. The first-order valence-electron chi connectivity index (χ1n) is 9.67. The number of anilines is 1. The number of benzene rings is 1. The predicted molar refractivity (Wildman–Crippen MR) is 111 cm³/mol. The van der Waals surface area contributed by atoms with E-state index in [1.807, 2.05) is 24.3 Å². The minimum atomic E-state index is -0.464. The van der Waals surface area contributed by atoms with Crippen LogP contribution in [0.5, 0.6) is 5.75 Å². The van der Waals surface area contributed by atoms with Gasteiger partial charge < -0.3 is 14.4 Å². The zero-order valence-electron chi connectivity index (χ0n) is 16.6. The Balaban J connectivity index is 1.47. The lowest BCUT2D eigenvalue weighted by atomic mass is 9.98. The van der Waals surface area contributed by atoms with E-state index in [-0.39, 0.29) is 12.3 Å². The number of para-hydroxylation sites is 1. The summed E-state index contributed by atoms with van der Waals surface area (Å²) >= 11 is 1.39. The van der Waals surface area contributed by atoms with Crippen LogP contribution in [0.2, 0.25) is 0 Å². The van der Waals surface area contributed by atoms with Crippen molar-refractivity contribution in [2.24, 2.45) is 0 Å². The fourth-order valence-corrected chi connectivity index (χ4v) is 3.74. The Morgan fingerprint density at radius 2 is 2.03 bits per heavy atom. The quantitative estimate of drug-likeness (QED) is 0.671. The molecule has 0 radical (unpaired) electrons. The van der Waals surface area contributed by atoms with Crippen LogP contribution in [0.3, 0.4) is 0 Å². The van der Waals surface area contributed by atoms with Crippen molar-refractivity contribution in [3.05, 3.63) is 40.9 Å². The predicted octanol–water partition coefficient (Wildman–Crippen LogP) is 2.33. The van der Waals surface area contributed by atoms with Crippen molar-refractivity contribution in [1.82, 2.24) is 15.8 Å². The van der Waals surface area contributed by atoms with Crippen LogP contribution in [0.4, 0.5) is 5.13 Å². The largest absolute Gasteiger partial charge is 0.483 e. The van der Waals surface area contributed by atoms with E-state index in [1.54, 1.807) is 5.38 Å². The molecule has 1 aromatic carbocycles. The van der Waals surface area contributed by atoms with E-state index in [0.29, 0.717) is 24.9 Å². The molecular formula is C20H26N4O4S. The average Bonchev–Trinajstić information content (AvgIpc) is 3.27. The second kappa shape index (κ2) is 10.2. The van der Waals surface area contributed by atoms with E-state index >= 15 is 0 Å². The Morgan fingerprint density at radius 3 is 2.79 bits per heavy atom. The summed E-state index contributed by atoms with van der Waals surface area (Å²) in [4.78, 5) is 30.7. The fourth-order valence-electron chi connectivity index (χ4n) is 2.88. The highest BCUT2D eigenvalue weighted by Crippen LogP contribution is 2.28.